The first-order chi connectivity index (χ1) is 15.9. The molecule has 2 heterocycles. The molecule has 0 spiro atoms. The van der Waals surface area contributed by atoms with Crippen LogP contribution in [0.1, 0.15) is 78.1 Å². The number of aromatic nitrogens is 4. The van der Waals surface area contributed by atoms with Gasteiger partial charge in [0.25, 0.3) is 0 Å². The minimum atomic E-state index is -0.414. The van der Waals surface area contributed by atoms with Crippen molar-refractivity contribution >= 4 is 16.8 Å². The number of ketones is 1. The molecule has 8 atom stereocenters. The number of fused-ring (bicyclic) bond motifs is 6. The van der Waals surface area contributed by atoms with Crippen LogP contribution in [0.5, 0.6) is 0 Å². The van der Waals surface area contributed by atoms with Gasteiger partial charge in [0.1, 0.15) is 17.6 Å². The average Bonchev–Trinajstić information content (AvgIpc) is 3.39. The summed E-state index contributed by atoms with van der Waals surface area (Å²) in [7, 11) is 0. The molecule has 0 bridgehead atoms. The number of hydrogen-bond acceptors (Lipinski definition) is 5. The zero-order valence-electron chi connectivity index (χ0n) is 20.1. The summed E-state index contributed by atoms with van der Waals surface area (Å²) in [6.45, 7) is 4.88. The van der Waals surface area contributed by atoms with E-state index in [2.05, 4.69) is 29.1 Å². The lowest BCUT2D eigenvalue weighted by atomic mass is 9.48. The van der Waals surface area contributed by atoms with Gasteiger partial charge in [-0.05, 0) is 105 Å². The smallest absolute Gasteiger partial charge is 0.157 e. The molecule has 0 radical (unpaired) electrons. The first kappa shape index (κ1) is 21.7. The van der Waals surface area contributed by atoms with E-state index in [1.807, 2.05) is 6.07 Å². The number of hydrogen-bond donors (Lipinski definition) is 1. The number of rotatable bonds is 4. The fraction of sp³-hybridized carbons (Fsp3) is 0.778. The van der Waals surface area contributed by atoms with Crippen LogP contribution in [0.3, 0.4) is 0 Å². The minimum absolute atomic E-state index is 0.124. The predicted octanol–water partition coefficient (Wildman–Crippen LogP) is 4.81. The van der Waals surface area contributed by atoms with Crippen molar-refractivity contribution in [3.05, 3.63) is 18.5 Å². The Morgan fingerprint density at radius 3 is 2.82 bits per heavy atom. The van der Waals surface area contributed by atoms with E-state index < -0.39 is 5.60 Å². The summed E-state index contributed by atoms with van der Waals surface area (Å²) in [6.07, 6.45) is 14.8. The molecule has 0 aliphatic heterocycles. The molecule has 2 aromatic rings. The molecule has 4 aliphatic carbocycles. The lowest BCUT2D eigenvalue weighted by Crippen LogP contribution is -2.51. The second-order valence-corrected chi connectivity index (χ2v) is 12.0. The van der Waals surface area contributed by atoms with Crippen LogP contribution in [-0.4, -0.2) is 36.5 Å². The fourth-order valence-corrected chi connectivity index (χ4v) is 9.00. The Bertz CT molecular complexity index is 1050. The van der Waals surface area contributed by atoms with Gasteiger partial charge in [0.2, 0.25) is 0 Å². The Morgan fingerprint density at radius 1 is 1.12 bits per heavy atom. The van der Waals surface area contributed by atoms with Gasteiger partial charge in [0.05, 0.1) is 11.8 Å². The van der Waals surface area contributed by atoms with Crippen molar-refractivity contribution in [3.8, 4) is 0 Å². The summed E-state index contributed by atoms with van der Waals surface area (Å²) < 4.78 is 1.75. The molecule has 33 heavy (non-hydrogen) atoms. The molecule has 0 amide bonds. The average molecular weight is 451 g/mol. The second-order valence-electron chi connectivity index (χ2n) is 12.0. The maximum absolute atomic E-state index is 13.6. The number of pyridine rings is 1. The van der Waals surface area contributed by atoms with Crippen molar-refractivity contribution in [1.29, 1.82) is 0 Å². The van der Waals surface area contributed by atoms with Crippen LogP contribution in [0.15, 0.2) is 18.5 Å². The zero-order chi connectivity index (χ0) is 22.8. The van der Waals surface area contributed by atoms with Gasteiger partial charge in [-0.3, -0.25) is 9.78 Å². The molecule has 6 nitrogen and oxygen atoms in total. The van der Waals surface area contributed by atoms with Crippen LogP contribution in [0.2, 0.25) is 0 Å². The molecule has 4 fully saturated rings. The third-order valence-electron chi connectivity index (χ3n) is 10.8. The van der Waals surface area contributed by atoms with Gasteiger partial charge in [-0.15, -0.1) is 5.10 Å². The fourth-order valence-electron chi connectivity index (χ4n) is 9.00. The van der Waals surface area contributed by atoms with Crippen molar-refractivity contribution in [3.63, 3.8) is 0 Å². The van der Waals surface area contributed by atoms with Crippen molar-refractivity contribution < 1.29 is 9.90 Å². The highest BCUT2D eigenvalue weighted by Gasteiger charge is 2.58. The first-order valence-corrected chi connectivity index (χ1v) is 13.3. The molecule has 0 aromatic carbocycles. The van der Waals surface area contributed by atoms with Gasteiger partial charge in [-0.2, -0.15) is 0 Å². The molecular weight excluding hydrogens is 412 g/mol. The van der Waals surface area contributed by atoms with Gasteiger partial charge >= 0.3 is 0 Å². The van der Waals surface area contributed by atoms with Gasteiger partial charge in [0.15, 0.2) is 5.78 Å². The summed E-state index contributed by atoms with van der Waals surface area (Å²) in [5.74, 6) is 4.22. The van der Waals surface area contributed by atoms with E-state index >= 15 is 0 Å². The summed E-state index contributed by atoms with van der Waals surface area (Å²) in [4.78, 5) is 17.8. The Hall–Kier alpha value is -1.82. The number of Topliss-reactive ketones (excluding diaryl/α,β-unsaturated/α-hetero) is 1. The number of carbonyl (C=O) groups is 1. The van der Waals surface area contributed by atoms with E-state index in [1.165, 1.54) is 38.5 Å². The molecule has 2 aromatic heterocycles. The lowest BCUT2D eigenvalue weighted by molar-refractivity contribution is -0.133. The Balaban J connectivity index is 1.19. The Morgan fingerprint density at radius 2 is 1.97 bits per heavy atom. The van der Waals surface area contributed by atoms with Crippen LogP contribution in [-0.2, 0) is 11.3 Å². The maximum atomic E-state index is 13.6. The van der Waals surface area contributed by atoms with Crippen molar-refractivity contribution in [2.75, 3.05) is 0 Å². The molecule has 6 rings (SSSR count). The third kappa shape index (κ3) is 3.38. The summed E-state index contributed by atoms with van der Waals surface area (Å²) in [6, 6.07) is 1.85. The molecule has 0 saturated heterocycles. The van der Waals surface area contributed by atoms with Gasteiger partial charge in [-0.1, -0.05) is 19.1 Å². The minimum Gasteiger partial charge on any atom is -0.390 e. The first-order valence-electron chi connectivity index (χ1n) is 13.3. The van der Waals surface area contributed by atoms with E-state index in [1.54, 1.807) is 17.1 Å². The van der Waals surface area contributed by atoms with Crippen LogP contribution in [0.25, 0.3) is 11.0 Å². The van der Waals surface area contributed by atoms with Gasteiger partial charge in [-0.25, -0.2) is 4.68 Å². The van der Waals surface area contributed by atoms with Crippen molar-refractivity contribution in [2.45, 2.75) is 90.2 Å². The van der Waals surface area contributed by atoms with E-state index in [0.29, 0.717) is 24.2 Å². The quantitative estimate of drug-likeness (QED) is 0.723. The standard InChI is InChI=1S/C27H38N4O2/c1-3-27(33)12-9-18-17(14-27)4-5-20-19(18)8-11-26(2)21(20)6-7-22(26)25(32)16-31-24-15-28-13-10-23(24)29-30-31/h10,13,15,17-22,33H,3-9,11-12,14,16H2,1-2H3/t17-,18?,19-,20-,21+,22-,26+,27-/m1/s1. The molecule has 1 N–H and O–H groups in total. The number of carbonyl (C=O) groups excluding carboxylic acids is 1. The van der Waals surface area contributed by atoms with Crippen LogP contribution < -0.4 is 0 Å². The third-order valence-corrected chi connectivity index (χ3v) is 10.8. The molecule has 178 valence electrons. The highest BCUT2D eigenvalue weighted by molar-refractivity contribution is 5.84. The zero-order valence-corrected chi connectivity index (χ0v) is 20.1. The summed E-state index contributed by atoms with van der Waals surface area (Å²) >= 11 is 0. The largest absolute Gasteiger partial charge is 0.390 e. The summed E-state index contributed by atoms with van der Waals surface area (Å²) in [5, 5.41) is 19.4. The molecule has 1 unspecified atom stereocenters. The van der Waals surface area contributed by atoms with Crippen molar-refractivity contribution in [1.82, 2.24) is 20.0 Å². The molecule has 6 heteroatoms. The molecular formula is C27H38N4O2. The molecule has 4 aliphatic rings. The summed E-state index contributed by atoms with van der Waals surface area (Å²) in [5.41, 5.74) is 1.35. The number of aliphatic hydroxyl groups is 1. The van der Waals surface area contributed by atoms with Crippen molar-refractivity contribution in [2.24, 2.45) is 40.9 Å². The van der Waals surface area contributed by atoms with Crippen LogP contribution in [0.4, 0.5) is 0 Å². The topological polar surface area (TPSA) is 80.9 Å². The molecule has 4 saturated carbocycles. The van der Waals surface area contributed by atoms with E-state index in [9.17, 15) is 9.90 Å². The van der Waals surface area contributed by atoms with Gasteiger partial charge in [0, 0.05) is 12.1 Å². The monoisotopic (exact) mass is 450 g/mol. The highest BCUT2D eigenvalue weighted by atomic mass is 16.3. The van der Waals surface area contributed by atoms with E-state index in [0.717, 1.165) is 54.5 Å². The Labute approximate surface area is 196 Å². The maximum Gasteiger partial charge on any atom is 0.157 e. The Kier molecular flexibility index (Phi) is 5.17. The van der Waals surface area contributed by atoms with Crippen LogP contribution in [0, 0.1) is 40.9 Å². The second kappa shape index (κ2) is 7.86. The van der Waals surface area contributed by atoms with Crippen LogP contribution >= 0.6 is 0 Å². The predicted molar refractivity (Wildman–Crippen MR) is 126 cm³/mol. The van der Waals surface area contributed by atoms with E-state index in [-0.39, 0.29) is 11.3 Å². The number of nitrogens with zero attached hydrogens (tertiary/aromatic N) is 4. The van der Waals surface area contributed by atoms with Gasteiger partial charge < -0.3 is 5.11 Å². The lowest BCUT2D eigenvalue weighted by Gasteiger charge is -2.57. The highest BCUT2D eigenvalue weighted by Crippen LogP contribution is 2.64. The normalized spacial score (nSPS) is 42.5. The van der Waals surface area contributed by atoms with E-state index in [4.69, 9.17) is 0 Å². The SMILES string of the molecule is CC[C@@]1(O)CCC2[C@H](CC[C@@H]3[C@@H]2CC[C@]2(C)[C@@H](C(=O)Cn4nnc5ccncc54)CC[C@@H]32)C1.